The SMILES string of the molecule is COc1ccc(OCC(O)CN(c2ccc(C)cc2)C(C)C)cc1. The van der Waals surface area contributed by atoms with Gasteiger partial charge in [-0.1, -0.05) is 17.7 Å². The molecule has 0 aliphatic carbocycles. The summed E-state index contributed by atoms with van der Waals surface area (Å²) in [5, 5.41) is 10.4. The van der Waals surface area contributed by atoms with Crippen molar-refractivity contribution < 1.29 is 14.6 Å². The molecule has 2 rings (SSSR count). The van der Waals surface area contributed by atoms with E-state index < -0.39 is 6.10 Å². The first-order valence-corrected chi connectivity index (χ1v) is 8.28. The average molecular weight is 329 g/mol. The summed E-state index contributed by atoms with van der Waals surface area (Å²) >= 11 is 0. The molecule has 0 bridgehead atoms. The maximum Gasteiger partial charge on any atom is 0.119 e. The quantitative estimate of drug-likeness (QED) is 0.802. The van der Waals surface area contributed by atoms with Gasteiger partial charge >= 0.3 is 0 Å². The third-order valence-electron chi connectivity index (χ3n) is 3.90. The van der Waals surface area contributed by atoms with Crippen LogP contribution in [0.5, 0.6) is 11.5 Å². The Bertz CT molecular complexity index is 608. The molecule has 24 heavy (non-hydrogen) atoms. The lowest BCUT2D eigenvalue weighted by Crippen LogP contribution is -2.40. The molecule has 2 aromatic carbocycles. The monoisotopic (exact) mass is 329 g/mol. The van der Waals surface area contributed by atoms with E-state index in [4.69, 9.17) is 9.47 Å². The molecule has 2 aromatic rings. The molecule has 4 nitrogen and oxygen atoms in total. The fraction of sp³-hybridized carbons (Fsp3) is 0.400. The molecule has 0 saturated heterocycles. The molecule has 0 spiro atoms. The van der Waals surface area contributed by atoms with Gasteiger partial charge in [-0.3, -0.25) is 0 Å². The van der Waals surface area contributed by atoms with Crippen molar-refractivity contribution in [1.82, 2.24) is 0 Å². The van der Waals surface area contributed by atoms with Crippen LogP contribution in [0.15, 0.2) is 48.5 Å². The zero-order valence-electron chi connectivity index (χ0n) is 14.9. The van der Waals surface area contributed by atoms with Gasteiger partial charge in [0.25, 0.3) is 0 Å². The highest BCUT2D eigenvalue weighted by atomic mass is 16.5. The van der Waals surface area contributed by atoms with Gasteiger partial charge in [0.05, 0.1) is 7.11 Å². The van der Waals surface area contributed by atoms with Crippen LogP contribution in [-0.2, 0) is 0 Å². The molecular weight excluding hydrogens is 302 g/mol. The van der Waals surface area contributed by atoms with Gasteiger partial charge in [0.1, 0.15) is 24.2 Å². The smallest absolute Gasteiger partial charge is 0.119 e. The third kappa shape index (κ3) is 5.17. The van der Waals surface area contributed by atoms with E-state index in [0.29, 0.717) is 12.6 Å². The van der Waals surface area contributed by atoms with Gasteiger partial charge < -0.3 is 19.5 Å². The number of benzene rings is 2. The van der Waals surface area contributed by atoms with Crippen LogP contribution in [0.1, 0.15) is 19.4 Å². The lowest BCUT2D eigenvalue weighted by atomic mass is 10.1. The molecule has 1 atom stereocenters. The first-order valence-electron chi connectivity index (χ1n) is 8.28. The van der Waals surface area contributed by atoms with E-state index in [-0.39, 0.29) is 6.61 Å². The summed E-state index contributed by atoms with van der Waals surface area (Å²) < 4.78 is 10.8. The Kier molecular flexibility index (Phi) is 6.50. The van der Waals surface area contributed by atoms with E-state index in [0.717, 1.165) is 17.2 Å². The Balaban J connectivity index is 1.92. The van der Waals surface area contributed by atoms with Gasteiger partial charge in [0.2, 0.25) is 0 Å². The van der Waals surface area contributed by atoms with Crippen molar-refractivity contribution in [3.8, 4) is 11.5 Å². The number of ether oxygens (including phenoxy) is 2. The number of hydrogen-bond acceptors (Lipinski definition) is 4. The lowest BCUT2D eigenvalue weighted by molar-refractivity contribution is 0.111. The molecule has 0 aliphatic heterocycles. The van der Waals surface area contributed by atoms with Gasteiger partial charge in [-0.25, -0.2) is 0 Å². The Morgan fingerprint density at radius 1 is 0.958 bits per heavy atom. The van der Waals surface area contributed by atoms with Crippen molar-refractivity contribution in [3.63, 3.8) is 0 Å². The van der Waals surface area contributed by atoms with E-state index >= 15 is 0 Å². The van der Waals surface area contributed by atoms with E-state index in [9.17, 15) is 5.11 Å². The summed E-state index contributed by atoms with van der Waals surface area (Å²) in [5.74, 6) is 1.51. The van der Waals surface area contributed by atoms with Crippen molar-refractivity contribution in [2.45, 2.75) is 32.9 Å². The second kappa shape index (κ2) is 8.60. The Labute approximate surface area is 144 Å². The third-order valence-corrected chi connectivity index (χ3v) is 3.90. The first-order chi connectivity index (χ1) is 11.5. The molecule has 1 unspecified atom stereocenters. The van der Waals surface area contributed by atoms with Crippen molar-refractivity contribution in [1.29, 1.82) is 0 Å². The van der Waals surface area contributed by atoms with Crippen LogP contribution in [0.25, 0.3) is 0 Å². The summed E-state index contributed by atoms with van der Waals surface area (Å²) in [5.41, 5.74) is 2.34. The topological polar surface area (TPSA) is 41.9 Å². The second-order valence-corrected chi connectivity index (χ2v) is 6.22. The molecule has 0 saturated carbocycles. The Morgan fingerprint density at radius 2 is 1.54 bits per heavy atom. The van der Waals surface area contributed by atoms with E-state index in [1.807, 2.05) is 24.3 Å². The number of aryl methyl sites for hydroxylation is 1. The predicted molar refractivity (Wildman–Crippen MR) is 98.2 cm³/mol. The van der Waals surface area contributed by atoms with Gasteiger partial charge in [0.15, 0.2) is 0 Å². The number of methoxy groups -OCH3 is 1. The predicted octanol–water partition coefficient (Wildman–Crippen LogP) is 3.66. The van der Waals surface area contributed by atoms with Crippen LogP contribution >= 0.6 is 0 Å². The van der Waals surface area contributed by atoms with Crippen molar-refractivity contribution in [2.24, 2.45) is 0 Å². The minimum Gasteiger partial charge on any atom is -0.497 e. The summed E-state index contributed by atoms with van der Waals surface area (Å²) in [4.78, 5) is 2.18. The number of nitrogens with zero attached hydrogens (tertiary/aromatic N) is 1. The fourth-order valence-electron chi connectivity index (χ4n) is 2.49. The van der Waals surface area contributed by atoms with Crippen LogP contribution in [0.2, 0.25) is 0 Å². The van der Waals surface area contributed by atoms with Gasteiger partial charge in [-0.2, -0.15) is 0 Å². The normalized spacial score (nSPS) is 12.1. The highest BCUT2D eigenvalue weighted by Crippen LogP contribution is 2.20. The maximum atomic E-state index is 10.4. The average Bonchev–Trinajstić information content (AvgIpc) is 2.59. The van der Waals surface area contributed by atoms with Crippen LogP contribution < -0.4 is 14.4 Å². The van der Waals surface area contributed by atoms with Gasteiger partial charge in [-0.05, 0) is 57.2 Å². The minimum atomic E-state index is -0.573. The zero-order chi connectivity index (χ0) is 17.5. The summed E-state index contributed by atoms with van der Waals surface area (Å²) in [7, 11) is 1.63. The molecule has 0 aromatic heterocycles. The first kappa shape index (κ1) is 18.1. The van der Waals surface area contributed by atoms with Crippen LogP contribution in [0, 0.1) is 6.92 Å². The molecule has 130 valence electrons. The van der Waals surface area contributed by atoms with Crippen LogP contribution in [0.3, 0.4) is 0 Å². The Morgan fingerprint density at radius 3 is 2.08 bits per heavy atom. The lowest BCUT2D eigenvalue weighted by Gasteiger charge is -2.31. The molecule has 0 aliphatic rings. The molecule has 1 N–H and O–H groups in total. The van der Waals surface area contributed by atoms with E-state index in [1.165, 1.54) is 5.56 Å². The number of rotatable bonds is 8. The molecular formula is C20H27NO3. The zero-order valence-corrected chi connectivity index (χ0v) is 14.9. The molecule has 0 radical (unpaired) electrons. The number of aliphatic hydroxyl groups excluding tert-OH is 1. The van der Waals surface area contributed by atoms with Gasteiger partial charge in [-0.15, -0.1) is 0 Å². The summed E-state index contributed by atoms with van der Waals surface area (Å²) in [6, 6.07) is 16.0. The number of aliphatic hydroxyl groups is 1. The molecule has 0 fully saturated rings. The standard InChI is InChI=1S/C20H27NO3/c1-15(2)21(17-7-5-16(3)6-8-17)13-18(22)14-24-20-11-9-19(23-4)10-12-20/h5-12,15,18,22H,13-14H2,1-4H3. The summed E-state index contributed by atoms with van der Waals surface area (Å²) in [6.07, 6.45) is -0.573. The number of anilines is 1. The second-order valence-electron chi connectivity index (χ2n) is 6.22. The molecule has 0 heterocycles. The molecule has 0 amide bonds. The minimum absolute atomic E-state index is 0.251. The van der Waals surface area contributed by atoms with E-state index in [1.54, 1.807) is 7.11 Å². The van der Waals surface area contributed by atoms with E-state index in [2.05, 4.69) is 49.9 Å². The highest BCUT2D eigenvalue weighted by molar-refractivity contribution is 5.48. The highest BCUT2D eigenvalue weighted by Gasteiger charge is 2.16. The van der Waals surface area contributed by atoms with Crippen molar-refractivity contribution >= 4 is 5.69 Å². The summed E-state index contributed by atoms with van der Waals surface area (Å²) in [6.45, 7) is 7.09. The van der Waals surface area contributed by atoms with Crippen LogP contribution in [0.4, 0.5) is 5.69 Å². The van der Waals surface area contributed by atoms with Crippen LogP contribution in [-0.4, -0.2) is 37.5 Å². The largest absolute Gasteiger partial charge is 0.497 e. The number of hydrogen-bond donors (Lipinski definition) is 1. The Hall–Kier alpha value is -2.20. The van der Waals surface area contributed by atoms with Crippen molar-refractivity contribution in [3.05, 3.63) is 54.1 Å². The van der Waals surface area contributed by atoms with Crippen molar-refractivity contribution in [2.75, 3.05) is 25.2 Å². The molecule has 4 heteroatoms. The fourth-order valence-corrected chi connectivity index (χ4v) is 2.49. The maximum absolute atomic E-state index is 10.4. The van der Waals surface area contributed by atoms with Gasteiger partial charge in [0, 0.05) is 18.3 Å².